The van der Waals surface area contributed by atoms with Crippen LogP contribution in [0.3, 0.4) is 0 Å². The van der Waals surface area contributed by atoms with E-state index < -0.39 is 6.04 Å². The SMILES string of the molecule is Cc1nnnn1C(Cc1ccc(F)cc1)C(=O)Nc1cccc(CN2CCCC2C(N)=O)c1. The van der Waals surface area contributed by atoms with Crippen LogP contribution in [0.25, 0.3) is 0 Å². The van der Waals surface area contributed by atoms with Gasteiger partial charge in [0.2, 0.25) is 11.8 Å². The lowest BCUT2D eigenvalue weighted by Crippen LogP contribution is -2.39. The smallest absolute Gasteiger partial charge is 0.249 e. The predicted molar refractivity (Wildman–Crippen MR) is 119 cm³/mol. The highest BCUT2D eigenvalue weighted by atomic mass is 19.1. The number of carbonyl (C=O) groups excluding carboxylic acids is 2. The Morgan fingerprint density at radius 3 is 2.70 bits per heavy atom. The number of nitrogens with zero attached hydrogens (tertiary/aromatic N) is 5. The zero-order valence-electron chi connectivity index (χ0n) is 18.3. The third-order valence-electron chi connectivity index (χ3n) is 5.87. The second-order valence-corrected chi connectivity index (χ2v) is 8.24. The number of halogens is 1. The fourth-order valence-corrected chi connectivity index (χ4v) is 4.21. The van der Waals surface area contributed by atoms with Crippen molar-refractivity contribution < 1.29 is 14.0 Å². The number of anilines is 1. The molecule has 2 aromatic carbocycles. The fourth-order valence-electron chi connectivity index (χ4n) is 4.21. The summed E-state index contributed by atoms with van der Waals surface area (Å²) in [6.07, 6.45) is 1.99. The van der Waals surface area contributed by atoms with Gasteiger partial charge in [-0.2, -0.15) is 0 Å². The summed E-state index contributed by atoms with van der Waals surface area (Å²) >= 11 is 0. The molecule has 0 aliphatic carbocycles. The number of aryl methyl sites for hydroxylation is 1. The molecule has 2 atom stereocenters. The Bertz CT molecular complexity index is 1130. The van der Waals surface area contributed by atoms with Crippen molar-refractivity contribution in [3.05, 3.63) is 71.3 Å². The van der Waals surface area contributed by atoms with Crippen LogP contribution in [0.4, 0.5) is 10.1 Å². The Hall–Kier alpha value is -3.66. The Morgan fingerprint density at radius 2 is 2.00 bits per heavy atom. The topological polar surface area (TPSA) is 119 Å². The number of likely N-dealkylation sites (tertiary alicyclic amines) is 1. The predicted octanol–water partition coefficient (Wildman–Crippen LogP) is 1.99. The first kappa shape index (κ1) is 22.5. The van der Waals surface area contributed by atoms with Crippen LogP contribution in [-0.2, 0) is 22.6 Å². The Balaban J connectivity index is 1.51. The van der Waals surface area contributed by atoms with Crippen LogP contribution in [0.2, 0.25) is 0 Å². The van der Waals surface area contributed by atoms with Gasteiger partial charge in [0.1, 0.15) is 17.7 Å². The molecule has 172 valence electrons. The number of nitrogens with one attached hydrogen (secondary N) is 1. The van der Waals surface area contributed by atoms with Gasteiger partial charge in [-0.15, -0.1) is 5.10 Å². The second kappa shape index (κ2) is 9.86. The molecule has 1 aromatic heterocycles. The van der Waals surface area contributed by atoms with E-state index in [0.29, 0.717) is 24.5 Å². The molecule has 2 amide bonds. The van der Waals surface area contributed by atoms with E-state index in [1.165, 1.54) is 16.8 Å². The van der Waals surface area contributed by atoms with E-state index in [-0.39, 0.29) is 23.7 Å². The summed E-state index contributed by atoms with van der Waals surface area (Å²) in [5.41, 5.74) is 7.90. The van der Waals surface area contributed by atoms with E-state index in [4.69, 9.17) is 5.73 Å². The molecule has 1 saturated heterocycles. The number of nitrogens with two attached hydrogens (primary N) is 1. The van der Waals surface area contributed by atoms with Gasteiger partial charge in [-0.25, -0.2) is 9.07 Å². The van der Waals surface area contributed by atoms with Gasteiger partial charge in [0.15, 0.2) is 0 Å². The van der Waals surface area contributed by atoms with Crippen molar-refractivity contribution >= 4 is 17.5 Å². The highest BCUT2D eigenvalue weighted by Gasteiger charge is 2.29. The van der Waals surface area contributed by atoms with Gasteiger partial charge < -0.3 is 11.1 Å². The Labute approximate surface area is 190 Å². The molecule has 0 radical (unpaired) electrons. The van der Waals surface area contributed by atoms with Gasteiger partial charge in [0, 0.05) is 18.7 Å². The minimum atomic E-state index is -0.716. The van der Waals surface area contributed by atoms with Crippen LogP contribution < -0.4 is 11.1 Å². The largest absolute Gasteiger partial charge is 0.368 e. The summed E-state index contributed by atoms with van der Waals surface area (Å²) in [5.74, 6) is -0.440. The number of hydrogen-bond donors (Lipinski definition) is 2. The molecular weight excluding hydrogens is 425 g/mol. The summed E-state index contributed by atoms with van der Waals surface area (Å²) in [7, 11) is 0. The van der Waals surface area contributed by atoms with Gasteiger partial charge in [-0.05, 0) is 72.1 Å². The van der Waals surface area contributed by atoms with E-state index in [1.807, 2.05) is 18.2 Å². The highest BCUT2D eigenvalue weighted by Crippen LogP contribution is 2.22. The molecule has 4 rings (SSSR count). The third kappa shape index (κ3) is 5.40. The quantitative estimate of drug-likeness (QED) is 0.541. The number of primary amides is 1. The molecule has 2 unspecified atom stereocenters. The molecule has 2 heterocycles. The molecule has 3 N–H and O–H groups in total. The van der Waals surface area contributed by atoms with Gasteiger partial charge in [-0.3, -0.25) is 14.5 Å². The summed E-state index contributed by atoms with van der Waals surface area (Å²) in [6.45, 7) is 3.10. The lowest BCUT2D eigenvalue weighted by molar-refractivity contribution is -0.122. The molecular formula is C23H26FN7O2. The maximum Gasteiger partial charge on any atom is 0.249 e. The number of rotatable bonds is 8. The molecule has 10 heteroatoms. The average Bonchev–Trinajstić information content (AvgIpc) is 3.42. The van der Waals surface area contributed by atoms with Crippen LogP contribution in [0.15, 0.2) is 48.5 Å². The van der Waals surface area contributed by atoms with Crippen LogP contribution in [-0.4, -0.2) is 49.5 Å². The van der Waals surface area contributed by atoms with Crippen molar-refractivity contribution in [2.75, 3.05) is 11.9 Å². The molecule has 1 fully saturated rings. The first-order valence-electron chi connectivity index (χ1n) is 10.8. The summed E-state index contributed by atoms with van der Waals surface area (Å²) in [4.78, 5) is 27.0. The average molecular weight is 452 g/mol. The van der Waals surface area contributed by atoms with E-state index >= 15 is 0 Å². The molecule has 0 spiro atoms. The first-order chi connectivity index (χ1) is 15.9. The van der Waals surface area contributed by atoms with Gasteiger partial charge in [-0.1, -0.05) is 24.3 Å². The Morgan fingerprint density at radius 1 is 1.21 bits per heavy atom. The second-order valence-electron chi connectivity index (χ2n) is 8.24. The van der Waals surface area contributed by atoms with Crippen molar-refractivity contribution in [3.63, 3.8) is 0 Å². The first-order valence-corrected chi connectivity index (χ1v) is 10.8. The molecule has 33 heavy (non-hydrogen) atoms. The Kier molecular flexibility index (Phi) is 6.74. The van der Waals surface area contributed by atoms with E-state index in [9.17, 15) is 14.0 Å². The minimum absolute atomic E-state index is 0.258. The standard InChI is InChI=1S/C23H26FN7O2/c1-15-27-28-29-31(15)21(13-16-7-9-18(24)10-8-16)23(33)26-19-5-2-4-17(12-19)14-30-11-3-6-20(30)22(25)32/h2,4-5,7-10,12,20-21H,3,6,11,13-14H2,1H3,(H2,25,32)(H,26,33). The number of aromatic nitrogens is 4. The van der Waals surface area contributed by atoms with Gasteiger partial charge >= 0.3 is 0 Å². The van der Waals surface area contributed by atoms with Crippen LogP contribution >= 0.6 is 0 Å². The zero-order chi connectivity index (χ0) is 23.4. The summed E-state index contributed by atoms with van der Waals surface area (Å²) in [6, 6.07) is 12.5. The van der Waals surface area contributed by atoms with Crippen molar-refractivity contribution in [1.29, 1.82) is 0 Å². The summed E-state index contributed by atoms with van der Waals surface area (Å²) in [5, 5.41) is 14.5. The lowest BCUT2D eigenvalue weighted by Gasteiger charge is -2.22. The lowest BCUT2D eigenvalue weighted by atomic mass is 10.0. The van der Waals surface area contributed by atoms with E-state index in [2.05, 4.69) is 25.7 Å². The van der Waals surface area contributed by atoms with Crippen molar-refractivity contribution in [1.82, 2.24) is 25.1 Å². The summed E-state index contributed by atoms with van der Waals surface area (Å²) < 4.78 is 14.8. The number of carbonyl (C=O) groups is 2. The number of benzene rings is 2. The molecule has 3 aromatic rings. The number of hydrogen-bond acceptors (Lipinski definition) is 6. The maximum absolute atomic E-state index is 13.3. The van der Waals surface area contributed by atoms with Crippen molar-refractivity contribution in [3.8, 4) is 0 Å². The van der Waals surface area contributed by atoms with Gasteiger partial charge in [0.25, 0.3) is 0 Å². The third-order valence-corrected chi connectivity index (χ3v) is 5.87. The highest BCUT2D eigenvalue weighted by molar-refractivity contribution is 5.94. The number of amides is 2. The van der Waals surface area contributed by atoms with Crippen LogP contribution in [0.1, 0.15) is 35.8 Å². The molecule has 9 nitrogen and oxygen atoms in total. The molecule has 0 saturated carbocycles. The molecule has 0 bridgehead atoms. The monoisotopic (exact) mass is 451 g/mol. The molecule has 1 aliphatic heterocycles. The number of tetrazole rings is 1. The normalized spacial score (nSPS) is 17.1. The van der Waals surface area contributed by atoms with Crippen LogP contribution in [0, 0.1) is 12.7 Å². The van der Waals surface area contributed by atoms with Crippen molar-refractivity contribution in [2.45, 2.75) is 44.8 Å². The maximum atomic E-state index is 13.3. The zero-order valence-corrected chi connectivity index (χ0v) is 18.3. The van der Waals surface area contributed by atoms with Gasteiger partial charge in [0.05, 0.1) is 6.04 Å². The van der Waals surface area contributed by atoms with Crippen LogP contribution in [0.5, 0.6) is 0 Å². The molecule has 1 aliphatic rings. The fraction of sp³-hybridized carbons (Fsp3) is 0.348. The minimum Gasteiger partial charge on any atom is -0.368 e. The van der Waals surface area contributed by atoms with E-state index in [0.717, 1.165) is 30.5 Å². The van der Waals surface area contributed by atoms with Crippen molar-refractivity contribution in [2.24, 2.45) is 5.73 Å². The van der Waals surface area contributed by atoms with E-state index in [1.54, 1.807) is 25.1 Å².